The number of hydrogen-bond donors (Lipinski definition) is 1. The monoisotopic (exact) mass is 372 g/mol. The largest absolute Gasteiger partial charge is 0.497 e. The second-order valence-electron chi connectivity index (χ2n) is 6.49. The van der Waals surface area contributed by atoms with Crippen LogP contribution in [-0.4, -0.2) is 13.0 Å². The Balaban J connectivity index is 1.75. The highest BCUT2D eigenvalue weighted by atomic mass is 16.5. The molecule has 0 radical (unpaired) electrons. The lowest BCUT2D eigenvalue weighted by Crippen LogP contribution is -2.36. The van der Waals surface area contributed by atoms with Gasteiger partial charge >= 0.3 is 0 Å². The number of amides is 1. The quantitative estimate of drug-likeness (QED) is 0.549. The van der Waals surface area contributed by atoms with Gasteiger partial charge in [-0.1, -0.05) is 42.5 Å². The van der Waals surface area contributed by atoms with Gasteiger partial charge in [-0.2, -0.15) is 0 Å². The summed E-state index contributed by atoms with van der Waals surface area (Å²) in [5.41, 5.74) is 9.05. The fourth-order valence-electron chi connectivity index (χ4n) is 3.14. The van der Waals surface area contributed by atoms with Gasteiger partial charge in [-0.15, -0.1) is 0 Å². The van der Waals surface area contributed by atoms with Gasteiger partial charge in [0.05, 0.1) is 19.3 Å². The number of nitrogens with two attached hydrogens (primary N) is 1. The molecule has 5 heteroatoms. The Morgan fingerprint density at radius 2 is 1.86 bits per heavy atom. The van der Waals surface area contributed by atoms with Crippen LogP contribution in [0.1, 0.15) is 11.1 Å². The van der Waals surface area contributed by atoms with E-state index in [0.29, 0.717) is 29.4 Å². The van der Waals surface area contributed by atoms with Crippen LogP contribution in [0.4, 0.5) is 11.4 Å². The third kappa shape index (κ3) is 3.55. The number of ether oxygens (including phenoxy) is 2. The summed E-state index contributed by atoms with van der Waals surface area (Å²) in [5, 5.41) is 0. The Bertz CT molecular complexity index is 1040. The first kappa shape index (κ1) is 17.7. The zero-order chi connectivity index (χ0) is 19.5. The number of hydrogen-bond acceptors (Lipinski definition) is 4. The summed E-state index contributed by atoms with van der Waals surface area (Å²) in [5.74, 6) is 1.30. The minimum Gasteiger partial charge on any atom is -0.497 e. The van der Waals surface area contributed by atoms with Crippen LogP contribution in [0.15, 0.2) is 78.6 Å². The molecule has 0 fully saturated rings. The number of anilines is 2. The van der Waals surface area contributed by atoms with Crippen molar-refractivity contribution in [3.8, 4) is 11.5 Å². The lowest BCUT2D eigenvalue weighted by Gasteiger charge is -2.31. The molecule has 0 spiro atoms. The highest BCUT2D eigenvalue weighted by Gasteiger charge is 2.30. The van der Waals surface area contributed by atoms with E-state index in [2.05, 4.69) is 0 Å². The lowest BCUT2D eigenvalue weighted by atomic mass is 10.1. The molecule has 3 aromatic rings. The molecule has 4 rings (SSSR count). The Labute approximate surface area is 163 Å². The van der Waals surface area contributed by atoms with E-state index in [0.717, 1.165) is 11.1 Å². The van der Waals surface area contributed by atoms with Crippen molar-refractivity contribution in [2.45, 2.75) is 6.54 Å². The first-order valence-electron chi connectivity index (χ1n) is 8.93. The second-order valence-corrected chi connectivity index (χ2v) is 6.49. The first-order valence-corrected chi connectivity index (χ1v) is 8.93. The molecule has 140 valence electrons. The summed E-state index contributed by atoms with van der Waals surface area (Å²) < 4.78 is 11.2. The lowest BCUT2D eigenvalue weighted by molar-refractivity contribution is -0.117. The molecule has 1 heterocycles. The van der Waals surface area contributed by atoms with Crippen molar-refractivity contribution in [1.82, 2.24) is 0 Å². The fraction of sp³-hybridized carbons (Fsp3) is 0.0870. The average Bonchev–Trinajstić information content (AvgIpc) is 2.72. The molecule has 5 nitrogen and oxygen atoms in total. The van der Waals surface area contributed by atoms with E-state index in [1.165, 1.54) is 0 Å². The van der Waals surface area contributed by atoms with Gasteiger partial charge < -0.3 is 15.2 Å². The number of methoxy groups -OCH3 is 1. The van der Waals surface area contributed by atoms with E-state index in [1.807, 2.05) is 60.7 Å². The molecule has 1 amide bonds. The van der Waals surface area contributed by atoms with E-state index in [1.54, 1.807) is 30.2 Å². The van der Waals surface area contributed by atoms with Gasteiger partial charge in [0.2, 0.25) is 0 Å². The number of nitrogens with zero attached hydrogens (tertiary/aromatic N) is 1. The summed E-state index contributed by atoms with van der Waals surface area (Å²) in [6, 6.07) is 22.6. The van der Waals surface area contributed by atoms with Crippen molar-refractivity contribution in [3.05, 3.63) is 89.7 Å². The molecule has 3 aromatic carbocycles. The van der Waals surface area contributed by atoms with Crippen molar-refractivity contribution in [3.63, 3.8) is 0 Å². The SMILES string of the molecule is COc1cccc(/C=C2/Oc3cc(N)ccc3N(Cc3ccccc3)C2=O)c1. The third-order valence-corrected chi connectivity index (χ3v) is 4.53. The van der Waals surface area contributed by atoms with Gasteiger partial charge in [0.25, 0.3) is 5.91 Å². The van der Waals surface area contributed by atoms with Gasteiger partial charge in [-0.05, 0) is 41.5 Å². The number of fused-ring (bicyclic) bond motifs is 1. The van der Waals surface area contributed by atoms with E-state index >= 15 is 0 Å². The molecular formula is C23H20N2O3. The Hall–Kier alpha value is -3.73. The second kappa shape index (κ2) is 7.48. The molecular weight excluding hydrogens is 352 g/mol. The maximum Gasteiger partial charge on any atom is 0.294 e. The number of benzene rings is 3. The molecule has 2 N–H and O–H groups in total. The number of nitrogen functional groups attached to an aromatic ring is 1. The van der Waals surface area contributed by atoms with Crippen LogP contribution in [-0.2, 0) is 11.3 Å². The van der Waals surface area contributed by atoms with Crippen molar-refractivity contribution < 1.29 is 14.3 Å². The van der Waals surface area contributed by atoms with Crippen LogP contribution >= 0.6 is 0 Å². The van der Waals surface area contributed by atoms with Crippen LogP contribution in [0, 0.1) is 0 Å². The van der Waals surface area contributed by atoms with Gasteiger partial charge in [0.15, 0.2) is 11.5 Å². The van der Waals surface area contributed by atoms with Crippen molar-refractivity contribution >= 4 is 23.4 Å². The maximum atomic E-state index is 13.2. The fourth-order valence-corrected chi connectivity index (χ4v) is 3.14. The highest BCUT2D eigenvalue weighted by molar-refractivity contribution is 6.10. The van der Waals surface area contributed by atoms with Crippen LogP contribution in [0.3, 0.4) is 0 Å². The summed E-state index contributed by atoms with van der Waals surface area (Å²) in [7, 11) is 1.61. The molecule has 0 saturated heterocycles. The smallest absolute Gasteiger partial charge is 0.294 e. The van der Waals surface area contributed by atoms with Gasteiger partial charge in [0.1, 0.15) is 5.75 Å². The molecule has 1 aliphatic heterocycles. The van der Waals surface area contributed by atoms with E-state index < -0.39 is 0 Å². The van der Waals surface area contributed by atoms with Crippen LogP contribution in [0.5, 0.6) is 11.5 Å². The van der Waals surface area contributed by atoms with E-state index in [4.69, 9.17) is 15.2 Å². The van der Waals surface area contributed by atoms with Gasteiger partial charge in [-0.25, -0.2) is 0 Å². The zero-order valence-electron chi connectivity index (χ0n) is 15.5. The summed E-state index contributed by atoms with van der Waals surface area (Å²) in [4.78, 5) is 14.9. The summed E-state index contributed by atoms with van der Waals surface area (Å²) in [6.07, 6.45) is 1.72. The molecule has 1 aliphatic rings. The zero-order valence-corrected chi connectivity index (χ0v) is 15.5. The molecule has 0 bridgehead atoms. The molecule has 0 unspecified atom stereocenters. The van der Waals surface area contributed by atoms with E-state index in [9.17, 15) is 4.79 Å². The average molecular weight is 372 g/mol. The minimum atomic E-state index is -0.205. The van der Waals surface area contributed by atoms with Crippen molar-refractivity contribution in [2.75, 3.05) is 17.7 Å². The Kier molecular flexibility index (Phi) is 4.72. The molecule has 0 aliphatic carbocycles. The van der Waals surface area contributed by atoms with Crippen molar-refractivity contribution in [2.24, 2.45) is 0 Å². The first-order chi connectivity index (χ1) is 13.6. The standard InChI is InChI=1S/C23H20N2O3/c1-27-19-9-5-8-17(12-19)13-22-23(26)25(15-16-6-3-2-4-7-16)20-11-10-18(24)14-21(20)28-22/h2-14H,15,24H2,1H3/b22-13+. The maximum absolute atomic E-state index is 13.2. The Morgan fingerprint density at radius 3 is 2.64 bits per heavy atom. The van der Waals surface area contributed by atoms with Crippen LogP contribution < -0.4 is 20.1 Å². The normalized spacial score (nSPS) is 14.5. The predicted octanol–water partition coefficient (Wildman–Crippen LogP) is 4.24. The highest BCUT2D eigenvalue weighted by Crippen LogP contribution is 2.38. The van der Waals surface area contributed by atoms with Crippen molar-refractivity contribution in [1.29, 1.82) is 0 Å². The van der Waals surface area contributed by atoms with Gasteiger partial charge in [-0.3, -0.25) is 9.69 Å². The van der Waals surface area contributed by atoms with Gasteiger partial charge in [0, 0.05) is 11.8 Å². The minimum absolute atomic E-state index is 0.205. The summed E-state index contributed by atoms with van der Waals surface area (Å²) in [6.45, 7) is 0.440. The predicted molar refractivity (Wildman–Crippen MR) is 110 cm³/mol. The van der Waals surface area contributed by atoms with Crippen LogP contribution in [0.25, 0.3) is 6.08 Å². The molecule has 28 heavy (non-hydrogen) atoms. The summed E-state index contributed by atoms with van der Waals surface area (Å²) >= 11 is 0. The third-order valence-electron chi connectivity index (χ3n) is 4.53. The number of carbonyl (C=O) groups is 1. The van der Waals surface area contributed by atoms with E-state index in [-0.39, 0.29) is 11.7 Å². The number of carbonyl (C=O) groups excluding carboxylic acids is 1. The molecule has 0 atom stereocenters. The molecule has 0 aromatic heterocycles. The number of rotatable bonds is 4. The van der Waals surface area contributed by atoms with Crippen LogP contribution in [0.2, 0.25) is 0 Å². The molecule has 0 saturated carbocycles. The Morgan fingerprint density at radius 1 is 1.04 bits per heavy atom. The topological polar surface area (TPSA) is 64.8 Å².